The van der Waals surface area contributed by atoms with Crippen molar-refractivity contribution >= 4 is 40.0 Å². The van der Waals surface area contributed by atoms with Gasteiger partial charge in [0.05, 0.1) is 0 Å². The van der Waals surface area contributed by atoms with Crippen molar-refractivity contribution in [3.63, 3.8) is 0 Å². The number of fused-ring (bicyclic) bond motifs is 14. The lowest BCUT2D eigenvalue weighted by Crippen LogP contribution is -2.52. The average molecular weight is 543 g/mol. The van der Waals surface area contributed by atoms with Crippen LogP contribution in [0.5, 0.6) is 0 Å². The first-order chi connectivity index (χ1) is 19.6. The van der Waals surface area contributed by atoms with E-state index in [2.05, 4.69) is 138 Å². The van der Waals surface area contributed by atoms with Crippen LogP contribution < -0.4 is 10.4 Å². The van der Waals surface area contributed by atoms with Gasteiger partial charge in [0.15, 0.2) is 0 Å². The molecule has 41 heavy (non-hydrogen) atoms. The van der Waals surface area contributed by atoms with E-state index in [1.54, 1.807) is 15.9 Å². The van der Waals surface area contributed by atoms with Crippen LogP contribution in [0.25, 0.3) is 54.9 Å². The van der Waals surface area contributed by atoms with Crippen LogP contribution in [0.15, 0.2) is 97.1 Å². The zero-order chi connectivity index (χ0) is 28.1. The number of hydrogen-bond acceptors (Lipinski definition) is 0. The normalized spacial score (nSPS) is 17.6. The maximum atomic E-state index is 2.63. The zero-order valence-corrected chi connectivity index (χ0v) is 25.7. The molecule has 0 bridgehead atoms. The first-order valence-corrected chi connectivity index (χ1v) is 18.0. The van der Waals surface area contributed by atoms with Crippen molar-refractivity contribution in [1.82, 2.24) is 0 Å². The zero-order valence-electron chi connectivity index (χ0n) is 24.7. The van der Waals surface area contributed by atoms with Gasteiger partial charge < -0.3 is 0 Å². The second-order valence-electron chi connectivity index (χ2n) is 14.1. The fourth-order valence-corrected chi connectivity index (χ4v) is 12.6. The molecule has 0 spiro atoms. The molecule has 3 aliphatic rings. The van der Waals surface area contributed by atoms with E-state index in [-0.39, 0.29) is 10.8 Å². The van der Waals surface area contributed by atoms with Crippen molar-refractivity contribution in [3.8, 4) is 33.4 Å². The molecule has 1 heteroatoms. The van der Waals surface area contributed by atoms with E-state index in [1.807, 2.05) is 0 Å². The molecule has 0 aromatic heterocycles. The van der Waals surface area contributed by atoms with Crippen LogP contribution in [0.3, 0.4) is 0 Å². The van der Waals surface area contributed by atoms with Crippen LogP contribution in [0.2, 0.25) is 13.1 Å². The minimum atomic E-state index is -2.01. The molecule has 1 aliphatic heterocycles. The molecule has 198 valence electrons. The Kier molecular flexibility index (Phi) is 4.21. The molecular weight excluding hydrogens is 509 g/mol. The Morgan fingerprint density at radius 3 is 1.71 bits per heavy atom. The molecule has 6 aromatic carbocycles. The first-order valence-electron chi connectivity index (χ1n) is 15.0. The van der Waals surface area contributed by atoms with Gasteiger partial charge >= 0.3 is 0 Å². The maximum Gasteiger partial charge on any atom is 0.114 e. The quantitative estimate of drug-likeness (QED) is 0.168. The van der Waals surface area contributed by atoms with Gasteiger partial charge in [0.1, 0.15) is 8.07 Å². The van der Waals surface area contributed by atoms with Crippen molar-refractivity contribution in [2.45, 2.75) is 51.6 Å². The van der Waals surface area contributed by atoms with Gasteiger partial charge in [0.25, 0.3) is 0 Å². The number of rotatable bonds is 0. The summed E-state index contributed by atoms with van der Waals surface area (Å²) in [6.07, 6.45) is 0. The predicted octanol–water partition coefficient (Wildman–Crippen LogP) is 9.41. The molecule has 0 atom stereocenters. The van der Waals surface area contributed by atoms with Gasteiger partial charge in [-0.1, -0.05) is 132 Å². The Labute approximate surface area is 243 Å². The largest absolute Gasteiger partial charge is 0.114 e. The van der Waals surface area contributed by atoms with E-state index >= 15 is 0 Å². The van der Waals surface area contributed by atoms with Crippen LogP contribution in [0.4, 0.5) is 0 Å². The third-order valence-corrected chi connectivity index (χ3v) is 14.5. The van der Waals surface area contributed by atoms with E-state index in [0.717, 1.165) is 0 Å². The molecule has 1 heterocycles. The van der Waals surface area contributed by atoms with Crippen LogP contribution in [-0.4, -0.2) is 8.07 Å². The van der Waals surface area contributed by atoms with Gasteiger partial charge in [0, 0.05) is 10.8 Å². The average Bonchev–Trinajstić information content (AvgIpc) is 3.45. The molecule has 9 rings (SSSR count). The molecule has 0 radical (unpaired) electrons. The minimum Gasteiger partial charge on any atom is -0.0616 e. The summed E-state index contributed by atoms with van der Waals surface area (Å²) in [6.45, 7) is 15.0. The predicted molar refractivity (Wildman–Crippen MR) is 179 cm³/mol. The van der Waals surface area contributed by atoms with Gasteiger partial charge in [-0.3, -0.25) is 0 Å². The van der Waals surface area contributed by atoms with E-state index in [0.29, 0.717) is 0 Å². The molecule has 2 aliphatic carbocycles. The SMILES string of the molecule is CC1(C)c2cc3c(cc2-c2c1ccc1ccccc21)[Si](C)(C)c1c-3ccc2c1C(C)(C)c1ccc3ccccc3c1-2. The summed E-state index contributed by atoms with van der Waals surface area (Å²) in [5, 5.41) is 8.70. The third kappa shape index (κ3) is 2.67. The van der Waals surface area contributed by atoms with Gasteiger partial charge in [0.2, 0.25) is 0 Å². The molecule has 0 saturated carbocycles. The molecule has 0 nitrogen and oxygen atoms in total. The highest BCUT2D eigenvalue weighted by Crippen LogP contribution is 2.55. The van der Waals surface area contributed by atoms with E-state index in [1.165, 1.54) is 71.6 Å². The summed E-state index contributed by atoms with van der Waals surface area (Å²) in [6, 6.07) is 37.4. The molecule has 6 aromatic rings. The summed E-state index contributed by atoms with van der Waals surface area (Å²) in [5.41, 5.74) is 14.7. The lowest BCUT2D eigenvalue weighted by Gasteiger charge is -2.29. The molecule has 0 fully saturated rings. The van der Waals surface area contributed by atoms with E-state index in [4.69, 9.17) is 0 Å². The Morgan fingerprint density at radius 1 is 0.488 bits per heavy atom. The lowest BCUT2D eigenvalue weighted by atomic mass is 9.80. The summed E-state index contributed by atoms with van der Waals surface area (Å²) in [4.78, 5) is 0. The van der Waals surface area contributed by atoms with E-state index in [9.17, 15) is 0 Å². The highest BCUT2D eigenvalue weighted by Gasteiger charge is 2.48. The Bertz CT molecular complexity index is 2170. The van der Waals surface area contributed by atoms with Gasteiger partial charge in [-0.2, -0.15) is 0 Å². The Morgan fingerprint density at radius 2 is 1.05 bits per heavy atom. The fraction of sp³-hybridized carbons (Fsp3) is 0.200. The lowest BCUT2D eigenvalue weighted by molar-refractivity contribution is 0.661. The number of benzene rings is 6. The van der Waals surface area contributed by atoms with Crippen molar-refractivity contribution in [2.75, 3.05) is 0 Å². The number of hydrogen-bond donors (Lipinski definition) is 0. The third-order valence-electron chi connectivity index (χ3n) is 11.0. The molecule has 0 unspecified atom stereocenters. The summed E-state index contributed by atoms with van der Waals surface area (Å²) < 4.78 is 0. The maximum absolute atomic E-state index is 2.63. The second-order valence-corrected chi connectivity index (χ2v) is 18.4. The van der Waals surface area contributed by atoms with Crippen molar-refractivity contribution in [2.24, 2.45) is 0 Å². The van der Waals surface area contributed by atoms with E-state index < -0.39 is 8.07 Å². The summed E-state index contributed by atoms with van der Waals surface area (Å²) in [7, 11) is -2.01. The molecule has 0 amide bonds. The van der Waals surface area contributed by atoms with Crippen LogP contribution in [0.1, 0.15) is 49.9 Å². The highest BCUT2D eigenvalue weighted by molar-refractivity contribution is 7.04. The van der Waals surface area contributed by atoms with Crippen molar-refractivity contribution in [3.05, 3.63) is 119 Å². The first kappa shape index (κ1) is 23.7. The fourth-order valence-electron chi connectivity index (χ4n) is 8.98. The second kappa shape index (κ2) is 7.27. The Hall–Kier alpha value is -3.94. The monoisotopic (exact) mass is 542 g/mol. The van der Waals surface area contributed by atoms with Gasteiger partial charge in [-0.15, -0.1) is 0 Å². The van der Waals surface area contributed by atoms with Crippen LogP contribution in [-0.2, 0) is 10.8 Å². The van der Waals surface area contributed by atoms with Gasteiger partial charge in [-0.05, 0) is 93.6 Å². The van der Waals surface area contributed by atoms with Gasteiger partial charge in [-0.25, -0.2) is 0 Å². The Balaban J connectivity index is 1.34. The summed E-state index contributed by atoms with van der Waals surface area (Å²) in [5.74, 6) is 0. The smallest absolute Gasteiger partial charge is 0.0616 e. The summed E-state index contributed by atoms with van der Waals surface area (Å²) >= 11 is 0. The molecule has 0 N–H and O–H groups in total. The van der Waals surface area contributed by atoms with Crippen molar-refractivity contribution in [1.29, 1.82) is 0 Å². The van der Waals surface area contributed by atoms with Crippen molar-refractivity contribution < 1.29 is 0 Å². The van der Waals surface area contributed by atoms with Crippen LogP contribution >= 0.6 is 0 Å². The minimum absolute atomic E-state index is 0.0245. The highest BCUT2D eigenvalue weighted by atomic mass is 28.3. The molecule has 0 saturated heterocycles. The standard InChI is InChI=1S/C40H34Si/c1-39(2)31-19-15-24-12-8-10-14-26(24)36(31)30-22-34-29(21-33(30)39)27-17-18-28-35-25-13-9-7-11-23(25)16-20-32(35)40(3,4)37(28)38(27)41(34,5)6/h7-22H,1-6H3. The topological polar surface area (TPSA) is 0 Å². The van der Waals surface area contributed by atoms with Crippen LogP contribution in [0, 0.1) is 0 Å². The molecular formula is C40H34Si.